The highest BCUT2D eigenvalue weighted by Gasteiger charge is 2.12. The van der Waals surface area contributed by atoms with Gasteiger partial charge in [-0.15, -0.1) is 0 Å². The van der Waals surface area contributed by atoms with Gasteiger partial charge in [0.05, 0.1) is 35.5 Å². The minimum Gasteiger partial charge on any atom is -0.256 e. The van der Waals surface area contributed by atoms with Crippen LogP contribution in [0.3, 0.4) is 0 Å². The van der Waals surface area contributed by atoms with E-state index < -0.39 is 0 Å². The lowest BCUT2D eigenvalue weighted by Crippen LogP contribution is -1.90. The van der Waals surface area contributed by atoms with E-state index >= 15 is 0 Å². The van der Waals surface area contributed by atoms with Gasteiger partial charge in [0.15, 0.2) is 0 Å². The molecule has 0 aliphatic heterocycles. The third kappa shape index (κ3) is 2.71. The van der Waals surface area contributed by atoms with Gasteiger partial charge in [0.25, 0.3) is 0 Å². The molecule has 3 aromatic rings. The van der Waals surface area contributed by atoms with Crippen LogP contribution in [-0.4, -0.2) is 4.98 Å². The number of benzene rings is 2. The predicted molar refractivity (Wildman–Crippen MR) is 90.8 cm³/mol. The number of hydrogen-bond acceptors (Lipinski definition) is 3. The summed E-state index contributed by atoms with van der Waals surface area (Å²) in [5.74, 6) is 0. The molecule has 4 heteroatoms. The van der Waals surface area contributed by atoms with Crippen LogP contribution in [0, 0.1) is 29.2 Å². The summed E-state index contributed by atoms with van der Waals surface area (Å²) in [7, 11) is 0. The number of rotatable bonds is 2. The summed E-state index contributed by atoms with van der Waals surface area (Å²) in [5.41, 5.74) is 3.81. The number of aromatic nitrogens is 1. The summed E-state index contributed by atoms with van der Waals surface area (Å²) in [6.45, 7) is 7.24. The zero-order chi connectivity index (χ0) is 16.9. The van der Waals surface area contributed by atoms with Crippen molar-refractivity contribution in [3.8, 4) is 34.5 Å². The van der Waals surface area contributed by atoms with E-state index in [1.54, 1.807) is 18.3 Å². The topological polar surface area (TPSA) is 64.8 Å². The third-order valence-corrected chi connectivity index (χ3v) is 3.63. The number of pyridine rings is 1. The maximum absolute atomic E-state index is 9.25. The Morgan fingerprint density at radius 3 is 2.33 bits per heavy atom. The summed E-state index contributed by atoms with van der Waals surface area (Å²) < 4.78 is 0. The normalized spacial score (nSPS) is 9.54. The van der Waals surface area contributed by atoms with Gasteiger partial charge in [-0.25, -0.2) is 4.85 Å². The van der Waals surface area contributed by atoms with E-state index in [1.807, 2.05) is 54.6 Å². The second kappa shape index (κ2) is 6.44. The van der Waals surface area contributed by atoms with Crippen molar-refractivity contribution >= 4 is 5.69 Å². The van der Waals surface area contributed by atoms with Crippen LogP contribution in [0.4, 0.5) is 5.69 Å². The molecule has 0 fully saturated rings. The summed E-state index contributed by atoms with van der Waals surface area (Å²) in [6, 6.07) is 20.8. The standard InChI is InChI=1S/C20H10N4/c1-23-20-11-16(9-17(12-21)18(20)13-22)19-10-15(7-8-24-19)14-5-3-2-4-6-14/h2-11H. The largest absolute Gasteiger partial charge is 0.256 e. The lowest BCUT2D eigenvalue weighted by atomic mass is 9.99. The van der Waals surface area contributed by atoms with Crippen molar-refractivity contribution in [3.63, 3.8) is 0 Å². The smallest absolute Gasteiger partial charge is 0.206 e. The van der Waals surface area contributed by atoms with Gasteiger partial charge in [0.2, 0.25) is 5.69 Å². The average Bonchev–Trinajstić information content (AvgIpc) is 2.67. The Morgan fingerprint density at radius 2 is 1.67 bits per heavy atom. The average molecular weight is 306 g/mol. The minimum atomic E-state index is 0.107. The van der Waals surface area contributed by atoms with Gasteiger partial charge >= 0.3 is 0 Å². The molecule has 0 bridgehead atoms. The SMILES string of the molecule is [C-]#[N+]c1cc(-c2cc(-c3ccccc3)ccn2)cc(C#N)c1C#N. The minimum absolute atomic E-state index is 0.107. The van der Waals surface area contributed by atoms with Crippen molar-refractivity contribution in [3.05, 3.63) is 83.3 Å². The monoisotopic (exact) mass is 306 g/mol. The van der Waals surface area contributed by atoms with E-state index in [1.165, 1.54) is 0 Å². The lowest BCUT2D eigenvalue weighted by molar-refractivity contribution is 1.32. The second-order valence-electron chi connectivity index (χ2n) is 5.05. The molecule has 110 valence electrons. The molecule has 0 atom stereocenters. The number of hydrogen-bond donors (Lipinski definition) is 0. The summed E-state index contributed by atoms with van der Waals surface area (Å²) in [6.07, 6.45) is 1.69. The van der Waals surface area contributed by atoms with Crippen LogP contribution in [0.15, 0.2) is 60.8 Å². The fourth-order valence-corrected chi connectivity index (χ4v) is 2.47. The summed E-state index contributed by atoms with van der Waals surface area (Å²) in [5, 5.41) is 18.4. The Balaban J connectivity index is 2.16. The van der Waals surface area contributed by atoms with Crippen LogP contribution >= 0.6 is 0 Å². The van der Waals surface area contributed by atoms with Crippen molar-refractivity contribution in [2.45, 2.75) is 0 Å². The molecular formula is C20H10N4. The van der Waals surface area contributed by atoms with E-state index in [-0.39, 0.29) is 16.8 Å². The van der Waals surface area contributed by atoms with Crippen LogP contribution in [0.2, 0.25) is 0 Å². The van der Waals surface area contributed by atoms with Crippen molar-refractivity contribution in [2.24, 2.45) is 0 Å². The first-order valence-corrected chi connectivity index (χ1v) is 7.14. The molecule has 0 N–H and O–H groups in total. The van der Waals surface area contributed by atoms with E-state index in [9.17, 15) is 5.26 Å². The first-order valence-electron chi connectivity index (χ1n) is 7.14. The van der Waals surface area contributed by atoms with Crippen LogP contribution in [0.25, 0.3) is 27.2 Å². The molecule has 1 aromatic heterocycles. The molecule has 0 aliphatic carbocycles. The molecular weight excluding hydrogens is 296 g/mol. The third-order valence-electron chi connectivity index (χ3n) is 3.63. The molecule has 0 aliphatic rings. The van der Waals surface area contributed by atoms with Crippen LogP contribution in [0.5, 0.6) is 0 Å². The van der Waals surface area contributed by atoms with E-state index in [4.69, 9.17) is 11.8 Å². The van der Waals surface area contributed by atoms with Gasteiger partial charge in [-0.1, -0.05) is 30.3 Å². The van der Waals surface area contributed by atoms with E-state index in [2.05, 4.69) is 9.83 Å². The lowest BCUT2D eigenvalue weighted by Gasteiger charge is -2.07. The van der Waals surface area contributed by atoms with E-state index in [0.717, 1.165) is 11.1 Å². The van der Waals surface area contributed by atoms with Crippen molar-refractivity contribution in [2.75, 3.05) is 0 Å². The Labute approximate surface area is 139 Å². The first kappa shape index (κ1) is 15.0. The Kier molecular flexibility index (Phi) is 4.02. The van der Waals surface area contributed by atoms with Crippen molar-refractivity contribution in [1.29, 1.82) is 10.5 Å². The molecule has 0 saturated carbocycles. The molecule has 0 spiro atoms. The molecule has 0 radical (unpaired) electrons. The fourth-order valence-electron chi connectivity index (χ4n) is 2.47. The first-order chi connectivity index (χ1) is 11.8. The molecule has 1 heterocycles. The quantitative estimate of drug-likeness (QED) is 0.644. The van der Waals surface area contributed by atoms with Gasteiger partial charge < -0.3 is 0 Å². The maximum atomic E-state index is 9.25. The fraction of sp³-hybridized carbons (Fsp3) is 0. The predicted octanol–water partition coefficient (Wildman–Crippen LogP) is 4.71. The van der Waals surface area contributed by atoms with Gasteiger partial charge in [0, 0.05) is 6.20 Å². The van der Waals surface area contributed by atoms with Gasteiger partial charge in [-0.2, -0.15) is 10.5 Å². The Bertz CT molecular complexity index is 997. The van der Waals surface area contributed by atoms with Crippen LogP contribution in [0.1, 0.15) is 11.1 Å². The van der Waals surface area contributed by atoms with Crippen molar-refractivity contribution < 1.29 is 0 Å². The molecule has 2 aromatic carbocycles. The second-order valence-corrected chi connectivity index (χ2v) is 5.05. The zero-order valence-electron chi connectivity index (χ0n) is 12.6. The van der Waals surface area contributed by atoms with Crippen molar-refractivity contribution in [1.82, 2.24) is 4.98 Å². The molecule has 4 nitrogen and oxygen atoms in total. The van der Waals surface area contributed by atoms with Gasteiger partial charge in [0.1, 0.15) is 0 Å². The molecule has 0 saturated heterocycles. The van der Waals surface area contributed by atoms with Gasteiger partial charge in [-0.05, 0) is 41.0 Å². The van der Waals surface area contributed by atoms with Crippen LogP contribution in [-0.2, 0) is 0 Å². The molecule has 24 heavy (non-hydrogen) atoms. The molecule has 0 unspecified atom stereocenters. The molecule has 0 amide bonds. The summed E-state index contributed by atoms with van der Waals surface area (Å²) >= 11 is 0. The maximum Gasteiger partial charge on any atom is 0.206 e. The number of nitriles is 2. The highest BCUT2D eigenvalue weighted by atomic mass is 14.7. The van der Waals surface area contributed by atoms with Gasteiger partial charge in [-0.3, -0.25) is 4.98 Å². The zero-order valence-corrected chi connectivity index (χ0v) is 12.6. The van der Waals surface area contributed by atoms with Crippen LogP contribution < -0.4 is 0 Å². The Morgan fingerprint density at radius 1 is 0.875 bits per heavy atom. The highest BCUT2D eigenvalue weighted by Crippen LogP contribution is 2.31. The Hall–Kier alpha value is -3.94. The van der Waals surface area contributed by atoms with E-state index in [0.29, 0.717) is 11.3 Å². The number of nitrogens with zero attached hydrogens (tertiary/aromatic N) is 4. The summed E-state index contributed by atoms with van der Waals surface area (Å²) in [4.78, 5) is 7.71. The highest BCUT2D eigenvalue weighted by molar-refractivity contribution is 5.77. The molecule has 3 rings (SSSR count).